The van der Waals surface area contributed by atoms with E-state index in [2.05, 4.69) is 46.5 Å². The smallest absolute Gasteiger partial charge is 0.410 e. The summed E-state index contributed by atoms with van der Waals surface area (Å²) < 4.78 is 11.6. The summed E-state index contributed by atoms with van der Waals surface area (Å²) in [6.45, 7) is 20.5. The van der Waals surface area contributed by atoms with Crippen LogP contribution in [0.1, 0.15) is 91.5 Å². The molecule has 1 amide bonds. The average molecular weight is 510 g/mol. The first-order valence-electron chi connectivity index (χ1n) is 12.8. The van der Waals surface area contributed by atoms with E-state index >= 15 is 0 Å². The highest BCUT2D eigenvalue weighted by molar-refractivity contribution is 5.89. The number of aliphatic imine (C=N–C) groups is 1. The number of aromatic hydroxyl groups is 1. The molecule has 0 aromatic heterocycles. The van der Waals surface area contributed by atoms with Crippen LogP contribution in [0, 0.1) is 0 Å². The third kappa shape index (κ3) is 6.96. The molecule has 1 aliphatic rings. The summed E-state index contributed by atoms with van der Waals surface area (Å²) in [7, 11) is 0. The van der Waals surface area contributed by atoms with Crippen LogP contribution in [0.3, 0.4) is 0 Å². The lowest BCUT2D eigenvalue weighted by atomic mass is 9.78. The zero-order valence-electron chi connectivity index (χ0n) is 24.0. The molecule has 7 nitrogen and oxygen atoms in total. The van der Waals surface area contributed by atoms with Crippen molar-refractivity contribution in [1.82, 2.24) is 4.90 Å². The fourth-order valence-corrected chi connectivity index (χ4v) is 4.21. The molecule has 0 bridgehead atoms. The predicted octanol–water partition coefficient (Wildman–Crippen LogP) is 6.69. The van der Waals surface area contributed by atoms with Gasteiger partial charge in [-0.25, -0.2) is 9.79 Å². The number of phenols is 1. The Morgan fingerprint density at radius 3 is 2.03 bits per heavy atom. The molecule has 1 atom stereocenters. The summed E-state index contributed by atoms with van der Waals surface area (Å²) in [5, 5.41) is 11.1. The van der Waals surface area contributed by atoms with Gasteiger partial charge in [0.1, 0.15) is 28.6 Å². The third-order valence-electron chi connectivity index (χ3n) is 6.18. The van der Waals surface area contributed by atoms with Crippen LogP contribution in [0.15, 0.2) is 35.3 Å². The number of phenolic OH excluding ortho intramolecular Hbond substituents is 1. The predicted molar refractivity (Wildman–Crippen MR) is 149 cm³/mol. The van der Waals surface area contributed by atoms with E-state index in [1.807, 2.05) is 58.0 Å². The highest BCUT2D eigenvalue weighted by Gasteiger charge is 2.29. The summed E-state index contributed by atoms with van der Waals surface area (Å²) >= 11 is 0. The molecule has 202 valence electrons. The fourth-order valence-electron chi connectivity index (χ4n) is 4.21. The number of hydrogen-bond acceptors (Lipinski definition) is 6. The topological polar surface area (TPSA) is 97.4 Å². The number of nitrogens with zero attached hydrogens (tertiary/aromatic N) is 2. The second kappa shape index (κ2) is 9.92. The molecular formula is C30H43N3O4. The molecule has 0 spiro atoms. The van der Waals surface area contributed by atoms with Gasteiger partial charge in [0.25, 0.3) is 0 Å². The van der Waals surface area contributed by atoms with Crippen molar-refractivity contribution < 1.29 is 19.4 Å². The number of hydrogen-bond donors (Lipinski definition) is 2. The van der Waals surface area contributed by atoms with E-state index < -0.39 is 11.7 Å². The van der Waals surface area contributed by atoms with Crippen molar-refractivity contribution in [2.45, 2.75) is 105 Å². The van der Waals surface area contributed by atoms with Gasteiger partial charge in [0.05, 0.1) is 0 Å². The van der Waals surface area contributed by atoms with Crippen molar-refractivity contribution in [3.8, 4) is 11.5 Å². The molecule has 2 aromatic carbocycles. The quantitative estimate of drug-likeness (QED) is 0.478. The van der Waals surface area contributed by atoms with Crippen LogP contribution in [-0.2, 0) is 28.7 Å². The Hall–Kier alpha value is -3.22. The SMILES string of the molecule is CC1Oc2ccc(CN(Cc3cc(C(C)(C)C)c(O)c(C(C)(C)C)c3)C(=O)OC(C)(C)C)cc2N=C1N. The van der Waals surface area contributed by atoms with E-state index in [0.717, 1.165) is 22.3 Å². The van der Waals surface area contributed by atoms with Crippen LogP contribution >= 0.6 is 0 Å². The van der Waals surface area contributed by atoms with Gasteiger partial charge in [-0.1, -0.05) is 47.6 Å². The van der Waals surface area contributed by atoms with Crippen LogP contribution in [0.2, 0.25) is 0 Å². The molecule has 7 heteroatoms. The lowest BCUT2D eigenvalue weighted by Gasteiger charge is -2.31. The minimum Gasteiger partial charge on any atom is -0.507 e. The van der Waals surface area contributed by atoms with Gasteiger partial charge in [0.2, 0.25) is 0 Å². The van der Waals surface area contributed by atoms with Gasteiger partial charge in [0, 0.05) is 13.1 Å². The molecule has 1 heterocycles. The van der Waals surface area contributed by atoms with Crippen LogP contribution in [-0.4, -0.2) is 33.6 Å². The van der Waals surface area contributed by atoms with Crippen LogP contribution in [0.25, 0.3) is 0 Å². The zero-order valence-corrected chi connectivity index (χ0v) is 24.0. The summed E-state index contributed by atoms with van der Waals surface area (Å²) in [6.07, 6.45) is -0.694. The second-order valence-electron chi connectivity index (χ2n) is 13.0. The number of nitrogens with two attached hydrogens (primary N) is 1. The molecular weight excluding hydrogens is 466 g/mol. The first kappa shape index (κ1) is 28.4. The number of amides is 1. The minimum absolute atomic E-state index is 0.273. The van der Waals surface area contributed by atoms with Crippen molar-refractivity contribution in [1.29, 1.82) is 0 Å². The maximum absolute atomic E-state index is 13.4. The molecule has 0 aliphatic carbocycles. The molecule has 1 aliphatic heterocycles. The highest BCUT2D eigenvalue weighted by atomic mass is 16.6. The Morgan fingerprint density at radius 2 is 1.51 bits per heavy atom. The van der Waals surface area contributed by atoms with Gasteiger partial charge in [-0.15, -0.1) is 0 Å². The molecule has 37 heavy (non-hydrogen) atoms. The van der Waals surface area contributed by atoms with Crippen molar-refractivity contribution in [2.75, 3.05) is 0 Å². The van der Waals surface area contributed by atoms with Gasteiger partial charge < -0.3 is 20.3 Å². The van der Waals surface area contributed by atoms with Crippen LogP contribution in [0.5, 0.6) is 11.5 Å². The third-order valence-corrected chi connectivity index (χ3v) is 6.18. The Bertz CT molecular complexity index is 1160. The van der Waals surface area contributed by atoms with Gasteiger partial charge in [-0.05, 0) is 85.0 Å². The molecule has 0 saturated heterocycles. The van der Waals surface area contributed by atoms with Crippen LogP contribution < -0.4 is 10.5 Å². The summed E-state index contributed by atoms with van der Waals surface area (Å²) in [4.78, 5) is 19.5. The first-order chi connectivity index (χ1) is 16.8. The van der Waals surface area contributed by atoms with Crippen LogP contribution in [0.4, 0.5) is 10.5 Å². The summed E-state index contributed by atoms with van der Waals surface area (Å²) in [5.74, 6) is 1.39. The van der Waals surface area contributed by atoms with E-state index in [-0.39, 0.29) is 16.9 Å². The maximum Gasteiger partial charge on any atom is 0.410 e. The van der Waals surface area contributed by atoms with E-state index in [0.29, 0.717) is 36.1 Å². The van der Waals surface area contributed by atoms with Gasteiger partial charge in [-0.2, -0.15) is 0 Å². The summed E-state index contributed by atoms with van der Waals surface area (Å²) in [5.41, 5.74) is 8.96. The van der Waals surface area contributed by atoms with E-state index in [1.54, 1.807) is 4.90 Å². The minimum atomic E-state index is -0.643. The lowest BCUT2D eigenvalue weighted by molar-refractivity contribution is 0.0216. The van der Waals surface area contributed by atoms with Crippen molar-refractivity contribution in [3.05, 3.63) is 52.6 Å². The van der Waals surface area contributed by atoms with Crippen molar-refractivity contribution in [3.63, 3.8) is 0 Å². The molecule has 1 unspecified atom stereocenters. The monoisotopic (exact) mass is 509 g/mol. The van der Waals surface area contributed by atoms with Gasteiger partial charge >= 0.3 is 6.09 Å². The zero-order chi connectivity index (χ0) is 27.9. The number of fused-ring (bicyclic) bond motifs is 1. The largest absolute Gasteiger partial charge is 0.507 e. The Labute approximate surface area is 221 Å². The van der Waals surface area contributed by atoms with E-state index in [4.69, 9.17) is 15.2 Å². The normalized spacial score (nSPS) is 15.9. The number of carbonyl (C=O) groups excluding carboxylic acids is 1. The number of rotatable bonds is 4. The fraction of sp³-hybridized carbons (Fsp3) is 0.533. The number of benzene rings is 2. The van der Waals surface area contributed by atoms with Gasteiger partial charge in [-0.3, -0.25) is 4.90 Å². The van der Waals surface area contributed by atoms with E-state index in [9.17, 15) is 9.90 Å². The summed E-state index contributed by atoms with van der Waals surface area (Å²) in [6, 6.07) is 9.67. The lowest BCUT2D eigenvalue weighted by Crippen LogP contribution is -2.36. The average Bonchev–Trinajstić information content (AvgIpc) is 2.72. The number of carbonyl (C=O) groups is 1. The Balaban J connectivity index is 2.03. The molecule has 0 saturated carbocycles. The molecule has 0 fully saturated rings. The number of ether oxygens (including phenoxy) is 2. The standard InChI is InChI=1S/C30H43N3O4/c1-18-26(31)32-23-15-19(11-12-24(23)36-18)16-33(27(35)37-30(8,9)10)17-20-13-21(28(2,3)4)25(34)22(14-20)29(5,6)7/h11-15,18,34H,16-17H2,1-10H3,(H2,31,32). The Morgan fingerprint density at radius 1 is 0.973 bits per heavy atom. The van der Waals surface area contributed by atoms with Crippen molar-refractivity contribution in [2.24, 2.45) is 10.7 Å². The molecule has 3 rings (SSSR count). The van der Waals surface area contributed by atoms with Crippen molar-refractivity contribution >= 4 is 17.6 Å². The molecule has 3 N–H and O–H groups in total. The number of amidine groups is 1. The second-order valence-corrected chi connectivity index (χ2v) is 13.0. The van der Waals surface area contributed by atoms with E-state index in [1.165, 1.54) is 0 Å². The Kier molecular flexibility index (Phi) is 7.60. The maximum atomic E-state index is 13.4. The van der Waals surface area contributed by atoms with Gasteiger partial charge in [0.15, 0.2) is 6.10 Å². The molecule has 2 aromatic rings. The highest BCUT2D eigenvalue weighted by Crippen LogP contribution is 2.40. The molecule has 0 radical (unpaired) electrons. The first-order valence-corrected chi connectivity index (χ1v) is 12.8.